The standard InChI is InChI=1S/C16H16N2OS/c1-3-18(12-7-5-4-6-8-12)16(19)14-11-15-13(17(14)2)9-10-20-15/h4-11H,3H2,1-2H3. The molecule has 0 aliphatic carbocycles. The number of aromatic nitrogens is 1. The first-order valence-electron chi connectivity index (χ1n) is 6.62. The zero-order chi connectivity index (χ0) is 14.1. The van der Waals surface area contributed by atoms with Gasteiger partial charge in [0.15, 0.2) is 0 Å². The summed E-state index contributed by atoms with van der Waals surface area (Å²) in [6.45, 7) is 2.65. The highest BCUT2D eigenvalue weighted by molar-refractivity contribution is 7.17. The number of hydrogen-bond acceptors (Lipinski definition) is 2. The minimum absolute atomic E-state index is 0.0459. The van der Waals surface area contributed by atoms with Crippen molar-refractivity contribution in [2.45, 2.75) is 6.92 Å². The van der Waals surface area contributed by atoms with Gasteiger partial charge in [-0.3, -0.25) is 4.79 Å². The second-order valence-electron chi connectivity index (χ2n) is 4.64. The highest BCUT2D eigenvalue weighted by Crippen LogP contribution is 2.26. The third-order valence-electron chi connectivity index (χ3n) is 3.51. The van der Waals surface area contributed by atoms with Gasteiger partial charge in [-0.2, -0.15) is 0 Å². The Bertz CT molecular complexity index is 742. The smallest absolute Gasteiger partial charge is 0.274 e. The molecule has 2 heterocycles. The van der Waals surface area contributed by atoms with E-state index in [0.29, 0.717) is 6.54 Å². The average molecular weight is 284 g/mol. The summed E-state index contributed by atoms with van der Waals surface area (Å²) in [6, 6.07) is 13.8. The number of amides is 1. The van der Waals surface area contributed by atoms with Crippen LogP contribution in [0, 0.1) is 0 Å². The molecular weight excluding hydrogens is 268 g/mol. The Morgan fingerprint density at radius 2 is 2.00 bits per heavy atom. The van der Waals surface area contributed by atoms with Gasteiger partial charge in [-0.25, -0.2) is 0 Å². The van der Waals surface area contributed by atoms with Crippen LogP contribution in [0.3, 0.4) is 0 Å². The molecule has 0 N–H and O–H groups in total. The van der Waals surface area contributed by atoms with E-state index in [9.17, 15) is 4.79 Å². The molecule has 0 radical (unpaired) electrons. The average Bonchev–Trinajstić information content (AvgIpc) is 3.04. The van der Waals surface area contributed by atoms with E-state index in [-0.39, 0.29) is 5.91 Å². The fourth-order valence-electron chi connectivity index (χ4n) is 2.44. The molecule has 0 bridgehead atoms. The molecular formula is C16H16N2OS. The fraction of sp³-hybridized carbons (Fsp3) is 0.188. The maximum Gasteiger partial charge on any atom is 0.274 e. The van der Waals surface area contributed by atoms with E-state index < -0.39 is 0 Å². The van der Waals surface area contributed by atoms with Crippen molar-refractivity contribution < 1.29 is 4.79 Å². The molecule has 0 atom stereocenters. The number of carbonyl (C=O) groups excluding carboxylic acids is 1. The predicted octanol–water partition coefficient (Wildman–Crippen LogP) is 3.91. The number of thiophene rings is 1. The molecule has 0 saturated heterocycles. The van der Waals surface area contributed by atoms with Gasteiger partial charge in [0.2, 0.25) is 0 Å². The summed E-state index contributed by atoms with van der Waals surface area (Å²) in [6.07, 6.45) is 0. The van der Waals surface area contributed by atoms with E-state index in [0.717, 1.165) is 21.6 Å². The number of carbonyl (C=O) groups is 1. The van der Waals surface area contributed by atoms with Gasteiger partial charge in [-0.05, 0) is 36.6 Å². The molecule has 0 aliphatic rings. The fourth-order valence-corrected chi connectivity index (χ4v) is 3.29. The van der Waals surface area contributed by atoms with Crippen LogP contribution in [0.25, 0.3) is 10.2 Å². The van der Waals surface area contributed by atoms with E-state index in [4.69, 9.17) is 0 Å². The monoisotopic (exact) mass is 284 g/mol. The molecule has 1 amide bonds. The zero-order valence-electron chi connectivity index (χ0n) is 11.5. The lowest BCUT2D eigenvalue weighted by atomic mass is 10.2. The molecule has 3 nitrogen and oxygen atoms in total. The van der Waals surface area contributed by atoms with Crippen molar-refractivity contribution in [2.24, 2.45) is 7.05 Å². The Morgan fingerprint density at radius 1 is 1.25 bits per heavy atom. The predicted molar refractivity (Wildman–Crippen MR) is 84.6 cm³/mol. The van der Waals surface area contributed by atoms with Crippen LogP contribution in [0.2, 0.25) is 0 Å². The summed E-state index contributed by atoms with van der Waals surface area (Å²) >= 11 is 1.66. The maximum absolute atomic E-state index is 12.8. The molecule has 2 aromatic heterocycles. The lowest BCUT2D eigenvalue weighted by Crippen LogP contribution is -2.31. The lowest BCUT2D eigenvalue weighted by Gasteiger charge is -2.21. The minimum Gasteiger partial charge on any atom is -0.339 e. The van der Waals surface area contributed by atoms with Gasteiger partial charge >= 0.3 is 0 Å². The number of rotatable bonds is 3. The van der Waals surface area contributed by atoms with Crippen LogP contribution in [0.1, 0.15) is 17.4 Å². The van der Waals surface area contributed by atoms with E-state index in [1.54, 1.807) is 16.2 Å². The van der Waals surface area contributed by atoms with E-state index in [1.807, 2.05) is 60.3 Å². The lowest BCUT2D eigenvalue weighted by molar-refractivity contribution is 0.0981. The van der Waals surface area contributed by atoms with Crippen LogP contribution in [0.15, 0.2) is 47.8 Å². The first-order valence-corrected chi connectivity index (χ1v) is 7.50. The summed E-state index contributed by atoms with van der Waals surface area (Å²) in [4.78, 5) is 14.6. The largest absolute Gasteiger partial charge is 0.339 e. The summed E-state index contributed by atoms with van der Waals surface area (Å²) in [5, 5.41) is 2.05. The van der Waals surface area contributed by atoms with Crippen molar-refractivity contribution in [3.8, 4) is 0 Å². The molecule has 3 aromatic rings. The third-order valence-corrected chi connectivity index (χ3v) is 4.37. The molecule has 4 heteroatoms. The molecule has 1 aromatic carbocycles. The number of nitrogens with zero attached hydrogens (tertiary/aromatic N) is 2. The van der Waals surface area contributed by atoms with Gasteiger partial charge in [-0.15, -0.1) is 11.3 Å². The number of aryl methyl sites for hydroxylation is 1. The van der Waals surface area contributed by atoms with Crippen molar-refractivity contribution in [3.05, 3.63) is 53.5 Å². The van der Waals surface area contributed by atoms with Gasteiger partial charge in [0, 0.05) is 19.3 Å². The van der Waals surface area contributed by atoms with Gasteiger partial charge in [0.25, 0.3) is 5.91 Å². The number of hydrogen-bond donors (Lipinski definition) is 0. The molecule has 3 rings (SSSR count). The molecule has 20 heavy (non-hydrogen) atoms. The second-order valence-corrected chi connectivity index (χ2v) is 5.59. The van der Waals surface area contributed by atoms with Crippen LogP contribution in [-0.4, -0.2) is 17.0 Å². The number of benzene rings is 1. The van der Waals surface area contributed by atoms with Gasteiger partial charge in [0.1, 0.15) is 5.69 Å². The Kier molecular flexibility index (Phi) is 3.32. The Balaban J connectivity index is 2.02. The maximum atomic E-state index is 12.8. The van der Waals surface area contributed by atoms with Crippen LogP contribution < -0.4 is 4.90 Å². The quantitative estimate of drug-likeness (QED) is 0.716. The van der Waals surface area contributed by atoms with E-state index >= 15 is 0 Å². The Hall–Kier alpha value is -2.07. The minimum atomic E-state index is 0.0459. The molecule has 0 aliphatic heterocycles. The molecule has 102 valence electrons. The van der Waals surface area contributed by atoms with Crippen molar-refractivity contribution >= 4 is 33.1 Å². The van der Waals surface area contributed by atoms with Crippen molar-refractivity contribution in [2.75, 3.05) is 11.4 Å². The van der Waals surface area contributed by atoms with Crippen LogP contribution in [0.4, 0.5) is 5.69 Å². The Labute approximate surface area is 122 Å². The number of fused-ring (bicyclic) bond motifs is 1. The van der Waals surface area contributed by atoms with Crippen molar-refractivity contribution in [1.82, 2.24) is 4.57 Å². The first-order chi connectivity index (χ1) is 9.72. The summed E-state index contributed by atoms with van der Waals surface area (Å²) < 4.78 is 3.12. The second kappa shape index (κ2) is 5.13. The van der Waals surface area contributed by atoms with E-state index in [1.165, 1.54) is 0 Å². The van der Waals surface area contributed by atoms with Gasteiger partial charge in [0.05, 0.1) is 10.2 Å². The van der Waals surface area contributed by atoms with Gasteiger partial charge < -0.3 is 9.47 Å². The molecule has 0 spiro atoms. The normalized spacial score (nSPS) is 10.9. The van der Waals surface area contributed by atoms with Crippen molar-refractivity contribution in [3.63, 3.8) is 0 Å². The van der Waals surface area contributed by atoms with Crippen LogP contribution >= 0.6 is 11.3 Å². The highest BCUT2D eigenvalue weighted by Gasteiger charge is 2.20. The molecule has 0 fully saturated rings. The van der Waals surface area contributed by atoms with Crippen LogP contribution in [-0.2, 0) is 7.05 Å². The zero-order valence-corrected chi connectivity index (χ0v) is 12.4. The van der Waals surface area contributed by atoms with Crippen LogP contribution in [0.5, 0.6) is 0 Å². The van der Waals surface area contributed by atoms with Gasteiger partial charge in [-0.1, -0.05) is 18.2 Å². The summed E-state index contributed by atoms with van der Waals surface area (Å²) in [7, 11) is 1.95. The Morgan fingerprint density at radius 3 is 2.65 bits per heavy atom. The molecule has 0 saturated carbocycles. The highest BCUT2D eigenvalue weighted by atomic mass is 32.1. The SMILES string of the molecule is CCN(C(=O)c1cc2sccc2n1C)c1ccccc1. The van der Waals surface area contributed by atoms with E-state index in [2.05, 4.69) is 6.07 Å². The topological polar surface area (TPSA) is 25.2 Å². The third kappa shape index (κ3) is 2.02. The number of anilines is 1. The summed E-state index contributed by atoms with van der Waals surface area (Å²) in [5.74, 6) is 0.0459. The number of para-hydroxylation sites is 1. The van der Waals surface area contributed by atoms with Crippen molar-refractivity contribution in [1.29, 1.82) is 0 Å². The molecule has 0 unspecified atom stereocenters. The summed E-state index contributed by atoms with van der Waals surface area (Å²) in [5.41, 5.74) is 2.78. The first kappa shape index (κ1) is 12.9.